The van der Waals surface area contributed by atoms with Gasteiger partial charge in [-0.2, -0.15) is 0 Å². The normalized spacial score (nSPS) is 27.4. The molecule has 2 aliphatic rings. The number of aromatic nitrogens is 2. The van der Waals surface area contributed by atoms with Crippen LogP contribution in [-0.2, 0) is 14.9 Å². The van der Waals surface area contributed by atoms with Gasteiger partial charge in [0.05, 0.1) is 35.9 Å². The number of rotatable bonds is 4. The van der Waals surface area contributed by atoms with Gasteiger partial charge in [-0.3, -0.25) is 4.79 Å². The molecule has 4 atom stereocenters. The Hall–Kier alpha value is -2.03. The Balaban J connectivity index is 1.40. The van der Waals surface area contributed by atoms with Crippen LogP contribution in [0.2, 0.25) is 0 Å². The first-order valence-electron chi connectivity index (χ1n) is 9.09. The molecule has 2 aromatic rings. The van der Waals surface area contributed by atoms with Crippen LogP contribution >= 0.6 is 11.3 Å². The molecule has 0 radical (unpaired) electrons. The van der Waals surface area contributed by atoms with Crippen LogP contribution in [-0.4, -0.2) is 53.4 Å². The fourth-order valence-electron chi connectivity index (χ4n) is 3.41. The first kappa shape index (κ1) is 18.3. The maximum atomic E-state index is 12.3. The molecule has 0 aromatic carbocycles. The monoisotopic (exact) mass is 388 g/mol. The van der Waals surface area contributed by atoms with E-state index in [0.717, 1.165) is 5.69 Å². The third kappa shape index (κ3) is 3.83. The first-order chi connectivity index (χ1) is 12.9. The highest BCUT2D eigenvalue weighted by Crippen LogP contribution is 2.29. The van der Waals surface area contributed by atoms with Crippen LogP contribution in [0.15, 0.2) is 29.8 Å². The lowest BCUT2D eigenvalue weighted by molar-refractivity contribution is 0.0652. The molecule has 7 nitrogen and oxygen atoms in total. The fourth-order valence-corrected chi connectivity index (χ4v) is 4.03. The number of hydrogen-bond acceptors (Lipinski definition) is 7. The summed E-state index contributed by atoms with van der Waals surface area (Å²) in [5, 5.41) is 8.26. The summed E-state index contributed by atoms with van der Waals surface area (Å²) in [7, 11) is 0. The topological polar surface area (TPSA) is 85.4 Å². The van der Waals surface area contributed by atoms with Crippen LogP contribution in [0.3, 0.4) is 0 Å². The SMILES string of the molecule is CC(C)(C)c1ccnc(NC2COC3C(NC(=O)c4cccs4)COC23)n1. The molecule has 2 N–H and O–H groups in total. The van der Waals surface area contributed by atoms with E-state index >= 15 is 0 Å². The van der Waals surface area contributed by atoms with Gasteiger partial charge in [-0.15, -0.1) is 11.3 Å². The highest BCUT2D eigenvalue weighted by Gasteiger charge is 2.48. The minimum atomic E-state index is -0.169. The molecular weight excluding hydrogens is 364 g/mol. The molecule has 4 heterocycles. The summed E-state index contributed by atoms with van der Waals surface area (Å²) in [6.45, 7) is 7.29. The third-order valence-electron chi connectivity index (χ3n) is 4.85. The molecule has 144 valence electrons. The predicted molar refractivity (Wildman–Crippen MR) is 103 cm³/mol. The van der Waals surface area contributed by atoms with E-state index < -0.39 is 0 Å². The van der Waals surface area contributed by atoms with Crippen LogP contribution in [0.4, 0.5) is 5.95 Å². The maximum absolute atomic E-state index is 12.3. The molecule has 4 rings (SSSR count). The molecule has 0 aliphatic carbocycles. The molecule has 4 unspecified atom stereocenters. The van der Waals surface area contributed by atoms with Gasteiger partial charge in [0.25, 0.3) is 5.91 Å². The van der Waals surface area contributed by atoms with E-state index in [0.29, 0.717) is 24.0 Å². The van der Waals surface area contributed by atoms with Gasteiger partial charge in [0, 0.05) is 11.6 Å². The second kappa shape index (κ2) is 7.18. The number of nitrogens with one attached hydrogen (secondary N) is 2. The molecule has 0 bridgehead atoms. The lowest BCUT2D eigenvalue weighted by Gasteiger charge is -2.21. The van der Waals surface area contributed by atoms with Crippen molar-refractivity contribution in [1.29, 1.82) is 0 Å². The quantitative estimate of drug-likeness (QED) is 0.835. The summed E-state index contributed by atoms with van der Waals surface area (Å²) in [6, 6.07) is 5.41. The van der Waals surface area contributed by atoms with Gasteiger partial charge < -0.3 is 20.1 Å². The van der Waals surface area contributed by atoms with E-state index in [9.17, 15) is 4.79 Å². The van der Waals surface area contributed by atoms with Crippen molar-refractivity contribution >= 4 is 23.2 Å². The first-order valence-corrected chi connectivity index (χ1v) is 9.97. The number of nitrogens with zero attached hydrogens (tertiary/aromatic N) is 2. The number of hydrogen-bond donors (Lipinski definition) is 2. The standard InChI is InChI=1S/C19H24N4O3S/c1-19(2,3)14-6-7-20-18(23-14)22-12-10-26-15-11(9-25-16(12)15)21-17(24)13-5-4-8-27-13/h4-8,11-12,15-16H,9-10H2,1-3H3,(H,21,24)(H,20,22,23). The Morgan fingerprint density at radius 1 is 1.19 bits per heavy atom. The smallest absolute Gasteiger partial charge is 0.261 e. The Bertz CT molecular complexity index is 806. The molecule has 2 fully saturated rings. The molecule has 0 spiro atoms. The largest absolute Gasteiger partial charge is 0.371 e. The van der Waals surface area contributed by atoms with Crippen LogP contribution in [0.25, 0.3) is 0 Å². The third-order valence-corrected chi connectivity index (χ3v) is 5.72. The van der Waals surface area contributed by atoms with Gasteiger partial charge >= 0.3 is 0 Å². The van der Waals surface area contributed by atoms with Crippen molar-refractivity contribution < 1.29 is 14.3 Å². The van der Waals surface area contributed by atoms with E-state index in [-0.39, 0.29) is 35.6 Å². The second-order valence-electron chi connectivity index (χ2n) is 7.92. The Labute approximate surface area is 162 Å². The fraction of sp³-hybridized carbons (Fsp3) is 0.526. The van der Waals surface area contributed by atoms with Gasteiger partial charge in [-0.25, -0.2) is 9.97 Å². The number of carbonyl (C=O) groups is 1. The molecule has 2 aromatic heterocycles. The van der Waals surface area contributed by atoms with E-state index in [2.05, 4.69) is 41.4 Å². The summed E-state index contributed by atoms with van der Waals surface area (Å²) in [4.78, 5) is 22.0. The second-order valence-corrected chi connectivity index (χ2v) is 8.87. The predicted octanol–water partition coefficient (Wildman–Crippen LogP) is 2.21. The van der Waals surface area contributed by atoms with E-state index in [1.165, 1.54) is 11.3 Å². The zero-order chi connectivity index (χ0) is 19.0. The van der Waals surface area contributed by atoms with E-state index in [4.69, 9.17) is 9.47 Å². The van der Waals surface area contributed by atoms with Gasteiger partial charge in [0.2, 0.25) is 5.95 Å². The maximum Gasteiger partial charge on any atom is 0.261 e. The molecule has 2 aliphatic heterocycles. The van der Waals surface area contributed by atoms with Crippen molar-refractivity contribution in [3.63, 3.8) is 0 Å². The highest BCUT2D eigenvalue weighted by molar-refractivity contribution is 7.12. The molecule has 2 saturated heterocycles. The van der Waals surface area contributed by atoms with Crippen LogP contribution in [0, 0.1) is 0 Å². The zero-order valence-corrected chi connectivity index (χ0v) is 16.5. The summed E-state index contributed by atoms with van der Waals surface area (Å²) in [5.74, 6) is 0.492. The van der Waals surface area contributed by atoms with Crippen molar-refractivity contribution in [2.75, 3.05) is 18.5 Å². The average Bonchev–Trinajstić information content (AvgIpc) is 3.35. The summed E-state index contributed by atoms with van der Waals surface area (Å²) >= 11 is 1.42. The molecule has 0 saturated carbocycles. The van der Waals surface area contributed by atoms with Crippen molar-refractivity contribution in [3.05, 3.63) is 40.3 Å². The van der Waals surface area contributed by atoms with Gasteiger partial charge in [-0.05, 0) is 17.5 Å². The molecule has 1 amide bonds. The van der Waals surface area contributed by atoms with Crippen molar-refractivity contribution in [2.45, 2.75) is 50.5 Å². The Morgan fingerprint density at radius 3 is 2.63 bits per heavy atom. The van der Waals surface area contributed by atoms with Crippen LogP contribution in [0.5, 0.6) is 0 Å². The summed E-state index contributed by atoms with van der Waals surface area (Å²) in [5.41, 5.74) is 0.929. The number of anilines is 1. The Morgan fingerprint density at radius 2 is 1.93 bits per heavy atom. The number of fused-ring (bicyclic) bond motifs is 1. The minimum Gasteiger partial charge on any atom is -0.371 e. The van der Waals surface area contributed by atoms with Gasteiger partial charge in [0.15, 0.2) is 0 Å². The van der Waals surface area contributed by atoms with Crippen LogP contribution in [0.1, 0.15) is 36.1 Å². The lowest BCUT2D eigenvalue weighted by atomic mass is 9.92. The summed E-state index contributed by atoms with van der Waals surface area (Å²) in [6.07, 6.45) is 1.46. The van der Waals surface area contributed by atoms with E-state index in [1.807, 2.05) is 23.6 Å². The van der Waals surface area contributed by atoms with E-state index in [1.54, 1.807) is 6.20 Å². The minimum absolute atomic E-state index is 0.0465. The number of ether oxygens (including phenoxy) is 2. The number of amides is 1. The van der Waals surface area contributed by atoms with Gasteiger partial charge in [-0.1, -0.05) is 26.8 Å². The Kier molecular flexibility index (Phi) is 4.88. The average molecular weight is 388 g/mol. The molecular formula is C19H24N4O3S. The number of thiophene rings is 1. The molecule has 8 heteroatoms. The van der Waals surface area contributed by atoms with Crippen molar-refractivity contribution in [3.8, 4) is 0 Å². The zero-order valence-electron chi connectivity index (χ0n) is 15.6. The lowest BCUT2D eigenvalue weighted by Crippen LogP contribution is -2.44. The number of carbonyl (C=O) groups excluding carboxylic acids is 1. The summed E-state index contributed by atoms with van der Waals surface area (Å²) < 4.78 is 11.9. The van der Waals surface area contributed by atoms with Crippen molar-refractivity contribution in [1.82, 2.24) is 15.3 Å². The van der Waals surface area contributed by atoms with Gasteiger partial charge in [0.1, 0.15) is 12.2 Å². The van der Waals surface area contributed by atoms with Crippen molar-refractivity contribution in [2.24, 2.45) is 0 Å². The molecule has 27 heavy (non-hydrogen) atoms. The van der Waals surface area contributed by atoms with Crippen LogP contribution < -0.4 is 10.6 Å². The highest BCUT2D eigenvalue weighted by atomic mass is 32.1.